The minimum absolute atomic E-state index is 0.0695. The number of nitrogens with zero attached hydrogens (tertiary/aromatic N) is 1. The first-order valence-electron chi connectivity index (χ1n) is 10.5. The summed E-state index contributed by atoms with van der Waals surface area (Å²) in [4.78, 5) is 33.9. The van der Waals surface area contributed by atoms with E-state index in [1.165, 1.54) is 21.3 Å². The number of hydrogen-bond donors (Lipinski definition) is 0. The molecule has 9 heteroatoms. The summed E-state index contributed by atoms with van der Waals surface area (Å²) in [5.74, 6) is -1.80. The molecular weight excluding hydrogens is 418 g/mol. The van der Waals surface area contributed by atoms with E-state index < -0.39 is 23.4 Å². The highest BCUT2D eigenvalue weighted by atomic mass is 16.7. The SMILES string of the molecule is COCO[C@@H](CCC(C[N+](=O)[O-])C(=O)OC)C/C(=C/C=C(C)C)CC/C=C(\C)C(=O)OC. The number of nitro groups is 1. The van der Waals surface area contributed by atoms with E-state index in [-0.39, 0.29) is 25.3 Å². The van der Waals surface area contributed by atoms with Crippen molar-refractivity contribution in [3.05, 3.63) is 45.1 Å². The number of allylic oxidation sites excluding steroid dienone is 4. The van der Waals surface area contributed by atoms with Crippen molar-refractivity contribution in [2.75, 3.05) is 34.7 Å². The second-order valence-corrected chi connectivity index (χ2v) is 7.70. The van der Waals surface area contributed by atoms with Gasteiger partial charge in [0.15, 0.2) is 0 Å². The second kappa shape index (κ2) is 17.1. The Bertz CT molecular complexity index is 692. The number of esters is 2. The van der Waals surface area contributed by atoms with Gasteiger partial charge in [-0.25, -0.2) is 4.79 Å². The van der Waals surface area contributed by atoms with Crippen LogP contribution >= 0.6 is 0 Å². The van der Waals surface area contributed by atoms with Gasteiger partial charge < -0.3 is 18.9 Å². The maximum absolute atomic E-state index is 11.9. The number of carbonyl (C=O) groups excluding carboxylic acids is 2. The Labute approximate surface area is 190 Å². The highest BCUT2D eigenvalue weighted by Crippen LogP contribution is 2.22. The average Bonchev–Trinajstić information content (AvgIpc) is 2.76. The Morgan fingerprint density at radius 1 is 1.03 bits per heavy atom. The van der Waals surface area contributed by atoms with Gasteiger partial charge in [0.25, 0.3) is 0 Å². The number of carbonyl (C=O) groups is 2. The molecule has 0 fully saturated rings. The summed E-state index contributed by atoms with van der Waals surface area (Å²) in [6, 6.07) is 0. The van der Waals surface area contributed by atoms with E-state index in [2.05, 4.69) is 0 Å². The van der Waals surface area contributed by atoms with Gasteiger partial charge in [-0.2, -0.15) is 0 Å². The first kappa shape index (κ1) is 29.5. The first-order chi connectivity index (χ1) is 15.1. The Morgan fingerprint density at radius 2 is 1.72 bits per heavy atom. The molecule has 0 aliphatic carbocycles. The van der Waals surface area contributed by atoms with Crippen LogP contribution in [0.3, 0.4) is 0 Å². The number of ether oxygens (including phenoxy) is 4. The normalized spacial score (nSPS) is 13.8. The summed E-state index contributed by atoms with van der Waals surface area (Å²) in [5, 5.41) is 10.9. The quantitative estimate of drug-likeness (QED) is 0.0856. The van der Waals surface area contributed by atoms with Gasteiger partial charge >= 0.3 is 11.9 Å². The third kappa shape index (κ3) is 13.7. The van der Waals surface area contributed by atoms with Gasteiger partial charge in [-0.3, -0.25) is 14.9 Å². The van der Waals surface area contributed by atoms with Crippen LogP contribution in [0.15, 0.2) is 34.9 Å². The fraction of sp³-hybridized carbons (Fsp3) is 0.652. The van der Waals surface area contributed by atoms with Crippen molar-refractivity contribution in [2.24, 2.45) is 5.92 Å². The van der Waals surface area contributed by atoms with Crippen LogP contribution in [0.5, 0.6) is 0 Å². The zero-order valence-corrected chi connectivity index (χ0v) is 20.0. The molecule has 0 aromatic rings. The topological polar surface area (TPSA) is 114 Å². The van der Waals surface area contributed by atoms with E-state index >= 15 is 0 Å². The van der Waals surface area contributed by atoms with E-state index in [1.54, 1.807) is 6.92 Å². The van der Waals surface area contributed by atoms with E-state index in [0.717, 1.165) is 11.1 Å². The highest BCUT2D eigenvalue weighted by molar-refractivity contribution is 5.87. The smallest absolute Gasteiger partial charge is 0.333 e. The predicted molar refractivity (Wildman–Crippen MR) is 120 cm³/mol. The van der Waals surface area contributed by atoms with Gasteiger partial charge in [0, 0.05) is 17.6 Å². The molecule has 0 radical (unpaired) electrons. The summed E-state index contributed by atoms with van der Waals surface area (Å²) in [6.45, 7) is 5.28. The number of hydrogen-bond acceptors (Lipinski definition) is 8. The van der Waals surface area contributed by atoms with Crippen LogP contribution in [0.2, 0.25) is 0 Å². The molecule has 32 heavy (non-hydrogen) atoms. The summed E-state index contributed by atoms with van der Waals surface area (Å²) in [7, 11) is 4.08. The zero-order valence-electron chi connectivity index (χ0n) is 20.0. The molecule has 182 valence electrons. The van der Waals surface area contributed by atoms with Gasteiger partial charge in [0.2, 0.25) is 6.54 Å². The zero-order chi connectivity index (χ0) is 24.5. The van der Waals surface area contributed by atoms with Gasteiger partial charge in [0.05, 0.1) is 20.3 Å². The number of methoxy groups -OCH3 is 3. The molecule has 2 atom stereocenters. The van der Waals surface area contributed by atoms with Crippen LogP contribution < -0.4 is 0 Å². The van der Waals surface area contributed by atoms with Crippen LogP contribution in [0, 0.1) is 16.0 Å². The summed E-state index contributed by atoms with van der Waals surface area (Å²) >= 11 is 0. The third-order valence-corrected chi connectivity index (χ3v) is 4.73. The molecule has 0 saturated heterocycles. The molecule has 9 nitrogen and oxygen atoms in total. The average molecular weight is 456 g/mol. The van der Waals surface area contributed by atoms with Crippen molar-refractivity contribution in [1.82, 2.24) is 0 Å². The van der Waals surface area contributed by atoms with Crippen molar-refractivity contribution in [2.45, 2.75) is 59.0 Å². The van der Waals surface area contributed by atoms with Crippen molar-refractivity contribution < 1.29 is 33.5 Å². The lowest BCUT2D eigenvalue weighted by Gasteiger charge is -2.20. The van der Waals surface area contributed by atoms with Crippen LogP contribution in [-0.4, -0.2) is 57.6 Å². The molecule has 0 N–H and O–H groups in total. The van der Waals surface area contributed by atoms with Gasteiger partial charge in [0.1, 0.15) is 12.7 Å². The lowest BCUT2D eigenvalue weighted by molar-refractivity contribution is -0.486. The Kier molecular flexibility index (Phi) is 15.7. The van der Waals surface area contributed by atoms with E-state index in [4.69, 9.17) is 18.9 Å². The molecule has 0 amide bonds. The van der Waals surface area contributed by atoms with Gasteiger partial charge in [-0.15, -0.1) is 0 Å². The fourth-order valence-electron chi connectivity index (χ4n) is 2.97. The van der Waals surface area contributed by atoms with E-state index in [9.17, 15) is 19.7 Å². The maximum atomic E-state index is 11.9. The Hall–Kier alpha value is -2.52. The van der Waals surface area contributed by atoms with Crippen molar-refractivity contribution in [3.8, 4) is 0 Å². The van der Waals surface area contributed by atoms with Crippen LogP contribution in [0.25, 0.3) is 0 Å². The molecule has 0 rings (SSSR count). The third-order valence-electron chi connectivity index (χ3n) is 4.73. The lowest BCUT2D eigenvalue weighted by atomic mass is 9.95. The van der Waals surface area contributed by atoms with E-state index in [0.29, 0.717) is 31.3 Å². The Morgan fingerprint density at radius 3 is 2.25 bits per heavy atom. The molecule has 0 saturated carbocycles. The van der Waals surface area contributed by atoms with Gasteiger partial charge in [-0.1, -0.05) is 29.4 Å². The summed E-state index contributed by atoms with van der Waals surface area (Å²) < 4.78 is 20.2. The molecular formula is C23H37NO8. The van der Waals surface area contributed by atoms with Crippen molar-refractivity contribution in [3.63, 3.8) is 0 Å². The largest absolute Gasteiger partial charge is 0.469 e. The van der Waals surface area contributed by atoms with Crippen molar-refractivity contribution in [1.29, 1.82) is 0 Å². The fourth-order valence-corrected chi connectivity index (χ4v) is 2.97. The molecule has 0 heterocycles. The van der Waals surface area contributed by atoms with Crippen LogP contribution in [0.4, 0.5) is 0 Å². The minimum Gasteiger partial charge on any atom is -0.469 e. The molecule has 0 spiro atoms. The molecule has 0 aromatic heterocycles. The number of rotatable bonds is 16. The molecule has 0 aliphatic rings. The molecule has 0 aromatic carbocycles. The monoisotopic (exact) mass is 455 g/mol. The van der Waals surface area contributed by atoms with Gasteiger partial charge in [-0.05, 0) is 52.9 Å². The molecule has 1 unspecified atom stereocenters. The lowest BCUT2D eigenvalue weighted by Crippen LogP contribution is -2.26. The highest BCUT2D eigenvalue weighted by Gasteiger charge is 2.26. The molecule has 0 aliphatic heterocycles. The predicted octanol–water partition coefficient (Wildman–Crippen LogP) is 4.00. The van der Waals surface area contributed by atoms with E-state index in [1.807, 2.05) is 32.1 Å². The second-order valence-electron chi connectivity index (χ2n) is 7.70. The van der Waals surface area contributed by atoms with Crippen LogP contribution in [-0.2, 0) is 28.5 Å². The summed E-state index contributed by atoms with van der Waals surface area (Å²) in [6.07, 6.45) is 8.16. The molecule has 0 bridgehead atoms. The van der Waals surface area contributed by atoms with Crippen LogP contribution in [0.1, 0.15) is 52.9 Å². The maximum Gasteiger partial charge on any atom is 0.333 e. The standard InChI is InChI=1S/C23H37NO8/c1-17(2)10-11-19(9-7-8-18(3)22(25)30-5)14-21(32-16-29-4)13-12-20(15-24(27)28)23(26)31-6/h8,10-11,20-21H,7,9,12-16H2,1-6H3/b18-8+,19-11+/t20?,21-/m0/s1. The summed E-state index contributed by atoms with van der Waals surface area (Å²) in [5.41, 5.74) is 2.77. The first-order valence-corrected chi connectivity index (χ1v) is 10.5. The minimum atomic E-state index is -0.834. The Balaban J connectivity index is 5.36. The van der Waals surface area contributed by atoms with Crippen molar-refractivity contribution >= 4 is 11.9 Å².